The molecule has 0 aromatic carbocycles. The average Bonchev–Trinajstić information content (AvgIpc) is 2.04. The zero-order valence-corrected chi connectivity index (χ0v) is 10.2. The van der Waals surface area contributed by atoms with Crippen molar-refractivity contribution in [1.29, 1.82) is 0 Å². The summed E-state index contributed by atoms with van der Waals surface area (Å²) in [4.78, 5) is 0. The quantitative estimate of drug-likeness (QED) is 0.613. The highest BCUT2D eigenvalue weighted by Gasteiger charge is 2.35. The maximum Gasteiger partial charge on any atom is 0.416 e. The van der Waals surface area contributed by atoms with Gasteiger partial charge in [-0.1, -0.05) is 45.9 Å². The molecular formula is C13H19F3. The number of hydrogen-bond donors (Lipinski definition) is 0. The fraction of sp³-hybridized carbons (Fsp3) is 0.692. The lowest BCUT2D eigenvalue weighted by molar-refractivity contribution is -0.0891. The minimum atomic E-state index is -4.21. The maximum atomic E-state index is 12.5. The van der Waals surface area contributed by atoms with Crippen LogP contribution in [0.5, 0.6) is 0 Å². The summed E-state index contributed by atoms with van der Waals surface area (Å²) in [6, 6.07) is 0. The van der Waals surface area contributed by atoms with Gasteiger partial charge in [-0.15, -0.1) is 0 Å². The summed E-state index contributed by atoms with van der Waals surface area (Å²) in [5, 5.41) is 0. The van der Waals surface area contributed by atoms with E-state index in [9.17, 15) is 13.2 Å². The van der Waals surface area contributed by atoms with Crippen LogP contribution < -0.4 is 0 Å². The summed E-state index contributed by atoms with van der Waals surface area (Å²) in [6.07, 6.45) is 0.968. The molecule has 0 bridgehead atoms. The Morgan fingerprint density at radius 2 is 1.75 bits per heavy atom. The molecule has 0 saturated carbocycles. The summed E-state index contributed by atoms with van der Waals surface area (Å²) in [5.74, 6) is 0.173. The Morgan fingerprint density at radius 1 is 1.19 bits per heavy atom. The van der Waals surface area contributed by atoms with Gasteiger partial charge >= 0.3 is 6.18 Å². The molecule has 0 amide bonds. The van der Waals surface area contributed by atoms with Crippen LogP contribution in [0.1, 0.15) is 34.1 Å². The molecule has 0 nitrogen and oxygen atoms in total. The van der Waals surface area contributed by atoms with E-state index in [0.717, 1.165) is 6.42 Å². The number of rotatable bonds is 1. The van der Waals surface area contributed by atoms with Gasteiger partial charge in [-0.3, -0.25) is 0 Å². The molecule has 0 heterocycles. The molecule has 0 saturated heterocycles. The van der Waals surface area contributed by atoms with Crippen LogP contribution in [-0.2, 0) is 0 Å². The molecule has 0 spiro atoms. The average molecular weight is 232 g/mol. The van der Waals surface area contributed by atoms with Crippen LogP contribution in [0.3, 0.4) is 0 Å². The van der Waals surface area contributed by atoms with Gasteiger partial charge in [-0.25, -0.2) is 0 Å². The van der Waals surface area contributed by atoms with Crippen molar-refractivity contribution in [3.05, 3.63) is 23.8 Å². The normalized spacial score (nSPS) is 26.8. The molecule has 2 atom stereocenters. The molecular weight excluding hydrogens is 213 g/mol. The monoisotopic (exact) mass is 232 g/mol. The van der Waals surface area contributed by atoms with Crippen LogP contribution >= 0.6 is 0 Å². The third-order valence-corrected chi connectivity index (χ3v) is 2.82. The van der Waals surface area contributed by atoms with Gasteiger partial charge in [0, 0.05) is 0 Å². The predicted molar refractivity (Wildman–Crippen MR) is 60.0 cm³/mol. The zero-order valence-electron chi connectivity index (χ0n) is 10.2. The van der Waals surface area contributed by atoms with Gasteiger partial charge in [0.2, 0.25) is 0 Å². The van der Waals surface area contributed by atoms with Gasteiger partial charge < -0.3 is 0 Å². The molecule has 1 aliphatic carbocycles. The number of alkyl halides is 3. The summed E-state index contributed by atoms with van der Waals surface area (Å²) in [7, 11) is 0. The fourth-order valence-corrected chi connectivity index (χ4v) is 2.01. The Hall–Kier alpha value is -0.730. The van der Waals surface area contributed by atoms with Crippen molar-refractivity contribution in [1.82, 2.24) is 0 Å². The summed E-state index contributed by atoms with van der Waals surface area (Å²) < 4.78 is 37.4. The molecule has 0 aromatic rings. The molecule has 0 N–H and O–H groups in total. The van der Waals surface area contributed by atoms with Crippen molar-refractivity contribution < 1.29 is 13.2 Å². The second-order valence-electron chi connectivity index (χ2n) is 5.77. The lowest BCUT2D eigenvalue weighted by Crippen LogP contribution is -2.22. The first-order chi connectivity index (χ1) is 7.09. The molecule has 0 radical (unpaired) electrons. The van der Waals surface area contributed by atoms with Gasteiger partial charge in [-0.2, -0.15) is 13.2 Å². The van der Waals surface area contributed by atoms with Crippen molar-refractivity contribution >= 4 is 0 Å². The highest BCUT2D eigenvalue weighted by atomic mass is 19.4. The lowest BCUT2D eigenvalue weighted by Gasteiger charge is -2.29. The van der Waals surface area contributed by atoms with Gasteiger partial charge in [-0.05, 0) is 23.7 Å². The van der Waals surface area contributed by atoms with Crippen LogP contribution in [0.15, 0.2) is 23.8 Å². The van der Waals surface area contributed by atoms with Crippen LogP contribution in [0.25, 0.3) is 0 Å². The summed E-state index contributed by atoms with van der Waals surface area (Å²) >= 11 is 0. The van der Waals surface area contributed by atoms with E-state index in [2.05, 4.69) is 20.8 Å². The third-order valence-electron chi connectivity index (χ3n) is 2.82. The highest BCUT2D eigenvalue weighted by molar-refractivity contribution is 5.29. The minimum Gasteiger partial charge on any atom is -0.166 e. The second kappa shape index (κ2) is 4.27. The van der Waals surface area contributed by atoms with Crippen LogP contribution in [0.4, 0.5) is 13.2 Å². The molecule has 1 rings (SSSR count). The van der Waals surface area contributed by atoms with Crippen molar-refractivity contribution in [2.75, 3.05) is 0 Å². The van der Waals surface area contributed by atoms with Crippen LogP contribution in [-0.4, -0.2) is 6.18 Å². The maximum absolute atomic E-state index is 12.5. The Kier molecular flexibility index (Phi) is 3.56. The smallest absolute Gasteiger partial charge is 0.166 e. The van der Waals surface area contributed by atoms with Crippen molar-refractivity contribution in [2.24, 2.45) is 17.3 Å². The van der Waals surface area contributed by atoms with Gasteiger partial charge in [0.25, 0.3) is 0 Å². The van der Waals surface area contributed by atoms with Crippen LogP contribution in [0, 0.1) is 17.3 Å². The van der Waals surface area contributed by atoms with Crippen molar-refractivity contribution in [2.45, 2.75) is 40.3 Å². The number of halogens is 3. The van der Waals surface area contributed by atoms with E-state index in [4.69, 9.17) is 0 Å². The molecule has 92 valence electrons. The van der Waals surface area contributed by atoms with E-state index in [1.165, 1.54) is 12.2 Å². The second-order valence-corrected chi connectivity index (χ2v) is 5.77. The first-order valence-corrected chi connectivity index (χ1v) is 5.57. The minimum absolute atomic E-state index is 0.0409. The summed E-state index contributed by atoms with van der Waals surface area (Å²) in [5.41, 5.74) is -0.363. The topological polar surface area (TPSA) is 0 Å². The van der Waals surface area contributed by atoms with E-state index < -0.39 is 11.7 Å². The summed E-state index contributed by atoms with van der Waals surface area (Å²) in [6.45, 7) is 8.18. The van der Waals surface area contributed by atoms with Crippen LogP contribution in [0.2, 0.25) is 0 Å². The van der Waals surface area contributed by atoms with Gasteiger partial charge in [0.05, 0.1) is 5.57 Å². The Morgan fingerprint density at radius 3 is 2.12 bits per heavy atom. The SMILES string of the molecule is CC1C=C(C(F)(F)F)C=CC1CC(C)(C)C. The molecule has 2 unspecified atom stereocenters. The van der Waals surface area contributed by atoms with E-state index in [1.807, 2.05) is 6.92 Å². The van der Waals surface area contributed by atoms with Crippen molar-refractivity contribution in [3.8, 4) is 0 Å². The van der Waals surface area contributed by atoms with Gasteiger partial charge in [0.15, 0.2) is 0 Å². The highest BCUT2D eigenvalue weighted by Crippen LogP contribution is 2.37. The number of allylic oxidation sites excluding steroid dienone is 4. The molecule has 0 aromatic heterocycles. The van der Waals surface area contributed by atoms with E-state index in [0.29, 0.717) is 0 Å². The molecule has 1 aliphatic rings. The Bertz CT molecular complexity index is 302. The molecule has 0 aliphatic heterocycles. The standard InChI is InChI=1S/C13H19F3/c1-9-7-11(13(14,15)16)6-5-10(9)8-12(2,3)4/h5-7,9-10H,8H2,1-4H3. The largest absolute Gasteiger partial charge is 0.416 e. The molecule has 16 heavy (non-hydrogen) atoms. The molecule has 0 fully saturated rings. The van der Waals surface area contributed by atoms with Crippen molar-refractivity contribution in [3.63, 3.8) is 0 Å². The lowest BCUT2D eigenvalue weighted by atomic mass is 9.76. The Balaban J connectivity index is 2.74. The first kappa shape index (κ1) is 13.3. The Labute approximate surface area is 95.2 Å². The molecule has 3 heteroatoms. The van der Waals surface area contributed by atoms with E-state index >= 15 is 0 Å². The van der Waals surface area contributed by atoms with E-state index in [-0.39, 0.29) is 17.3 Å². The zero-order chi connectivity index (χ0) is 12.6. The third kappa shape index (κ3) is 3.69. The first-order valence-electron chi connectivity index (χ1n) is 5.57. The van der Waals surface area contributed by atoms with Gasteiger partial charge in [0.1, 0.15) is 0 Å². The fourth-order valence-electron chi connectivity index (χ4n) is 2.01. The van der Waals surface area contributed by atoms with E-state index in [1.54, 1.807) is 6.08 Å². The number of hydrogen-bond acceptors (Lipinski definition) is 0. The predicted octanol–water partition coefficient (Wildman–Crippen LogP) is 4.73.